The molecule has 0 aliphatic rings. The van der Waals surface area contributed by atoms with Crippen LogP contribution in [0.4, 0.5) is 0 Å². The standard InChI is InChI=1S/C19H24N4O2/c1-3-18(23-11-10-20-14-23)21-9-4-12-25-16-6-7-17-15(13-16)5-8-19(24)22(17)2/h5-8,10-11,13-14,18,21H,3-4,9,12H2,1-2H3. The molecule has 1 aromatic carbocycles. The summed E-state index contributed by atoms with van der Waals surface area (Å²) < 4.78 is 9.56. The summed E-state index contributed by atoms with van der Waals surface area (Å²) in [5.74, 6) is 0.827. The number of fused-ring (bicyclic) bond motifs is 1. The minimum absolute atomic E-state index is 0.00406. The second-order valence-electron chi connectivity index (χ2n) is 6.04. The summed E-state index contributed by atoms with van der Waals surface area (Å²) in [4.78, 5) is 15.7. The van der Waals surface area contributed by atoms with E-state index in [4.69, 9.17) is 4.74 Å². The quantitative estimate of drug-likeness (QED) is 0.641. The number of hydrogen-bond donors (Lipinski definition) is 1. The van der Waals surface area contributed by atoms with Crippen LogP contribution in [0.25, 0.3) is 10.9 Å². The van der Waals surface area contributed by atoms with Crippen LogP contribution in [0.3, 0.4) is 0 Å². The smallest absolute Gasteiger partial charge is 0.250 e. The number of benzene rings is 1. The van der Waals surface area contributed by atoms with E-state index in [2.05, 4.69) is 21.8 Å². The van der Waals surface area contributed by atoms with Crippen molar-refractivity contribution in [2.75, 3.05) is 13.2 Å². The minimum Gasteiger partial charge on any atom is -0.494 e. The fourth-order valence-corrected chi connectivity index (χ4v) is 2.90. The molecule has 3 rings (SSSR count). The molecule has 6 nitrogen and oxygen atoms in total. The Hall–Kier alpha value is -2.60. The molecule has 0 radical (unpaired) electrons. The van der Waals surface area contributed by atoms with Gasteiger partial charge in [-0.25, -0.2) is 4.98 Å². The van der Waals surface area contributed by atoms with E-state index in [0.29, 0.717) is 6.61 Å². The SMILES string of the molecule is CCC(NCCCOc1ccc2c(ccc(=O)n2C)c1)n1ccnc1. The van der Waals surface area contributed by atoms with Crippen LogP contribution in [-0.4, -0.2) is 27.3 Å². The lowest BCUT2D eigenvalue weighted by molar-refractivity contribution is 0.296. The molecule has 2 heterocycles. The van der Waals surface area contributed by atoms with Gasteiger partial charge in [-0.3, -0.25) is 10.1 Å². The Morgan fingerprint density at radius 2 is 2.16 bits per heavy atom. The van der Waals surface area contributed by atoms with Crippen molar-refractivity contribution in [3.05, 3.63) is 59.4 Å². The maximum absolute atomic E-state index is 11.6. The summed E-state index contributed by atoms with van der Waals surface area (Å²) in [6, 6.07) is 9.23. The molecule has 2 aromatic heterocycles. The zero-order chi connectivity index (χ0) is 17.6. The van der Waals surface area contributed by atoms with Gasteiger partial charge in [0.05, 0.1) is 24.6 Å². The zero-order valence-electron chi connectivity index (χ0n) is 14.7. The summed E-state index contributed by atoms with van der Waals surface area (Å²) in [5.41, 5.74) is 0.906. The first kappa shape index (κ1) is 17.2. The number of nitrogens with zero attached hydrogens (tertiary/aromatic N) is 3. The first-order valence-electron chi connectivity index (χ1n) is 8.62. The Morgan fingerprint density at radius 3 is 2.92 bits per heavy atom. The highest BCUT2D eigenvalue weighted by Crippen LogP contribution is 2.19. The molecule has 1 unspecified atom stereocenters. The van der Waals surface area contributed by atoms with Crippen LogP contribution in [0.5, 0.6) is 5.75 Å². The number of rotatable bonds is 8. The molecule has 6 heteroatoms. The van der Waals surface area contributed by atoms with Crippen LogP contribution in [-0.2, 0) is 7.05 Å². The van der Waals surface area contributed by atoms with Gasteiger partial charge in [-0.05, 0) is 37.1 Å². The van der Waals surface area contributed by atoms with Gasteiger partial charge >= 0.3 is 0 Å². The molecular formula is C19H24N4O2. The van der Waals surface area contributed by atoms with Crippen LogP contribution in [0.1, 0.15) is 25.9 Å². The predicted molar refractivity (Wildman–Crippen MR) is 98.9 cm³/mol. The molecular weight excluding hydrogens is 316 g/mol. The van der Waals surface area contributed by atoms with E-state index in [9.17, 15) is 4.79 Å². The fourth-order valence-electron chi connectivity index (χ4n) is 2.90. The van der Waals surface area contributed by atoms with E-state index in [0.717, 1.165) is 36.0 Å². The van der Waals surface area contributed by atoms with Crippen molar-refractivity contribution < 1.29 is 4.74 Å². The molecule has 1 N–H and O–H groups in total. The highest BCUT2D eigenvalue weighted by molar-refractivity contribution is 5.80. The topological polar surface area (TPSA) is 61.1 Å². The average molecular weight is 340 g/mol. The van der Waals surface area contributed by atoms with Gasteiger partial charge in [0.15, 0.2) is 0 Å². The second kappa shape index (κ2) is 7.98. The summed E-state index contributed by atoms with van der Waals surface area (Å²) in [6.45, 7) is 3.67. The van der Waals surface area contributed by atoms with Gasteiger partial charge < -0.3 is 13.9 Å². The minimum atomic E-state index is -0.00406. The highest BCUT2D eigenvalue weighted by atomic mass is 16.5. The van der Waals surface area contributed by atoms with Gasteiger partial charge in [0, 0.05) is 37.4 Å². The van der Waals surface area contributed by atoms with Gasteiger partial charge in [-0.15, -0.1) is 0 Å². The second-order valence-corrected chi connectivity index (χ2v) is 6.04. The Kier molecular flexibility index (Phi) is 5.50. The van der Waals surface area contributed by atoms with Crippen molar-refractivity contribution in [2.24, 2.45) is 7.05 Å². The van der Waals surface area contributed by atoms with Gasteiger partial charge in [0.2, 0.25) is 0 Å². The van der Waals surface area contributed by atoms with Gasteiger partial charge in [-0.1, -0.05) is 6.92 Å². The Balaban J connectivity index is 1.50. The largest absolute Gasteiger partial charge is 0.494 e. The average Bonchev–Trinajstić information content (AvgIpc) is 3.16. The van der Waals surface area contributed by atoms with Crippen molar-refractivity contribution in [1.29, 1.82) is 0 Å². The number of nitrogens with one attached hydrogen (secondary N) is 1. The van der Waals surface area contributed by atoms with Crippen molar-refractivity contribution in [3.8, 4) is 5.75 Å². The van der Waals surface area contributed by atoms with Gasteiger partial charge in [-0.2, -0.15) is 0 Å². The normalized spacial score (nSPS) is 12.4. The molecule has 0 saturated carbocycles. The van der Waals surface area contributed by atoms with Crippen molar-refractivity contribution in [1.82, 2.24) is 19.4 Å². The van der Waals surface area contributed by atoms with Crippen molar-refractivity contribution >= 4 is 10.9 Å². The van der Waals surface area contributed by atoms with E-state index in [1.165, 1.54) is 0 Å². The first-order chi connectivity index (χ1) is 12.2. The maximum atomic E-state index is 11.6. The number of aromatic nitrogens is 3. The number of hydrogen-bond acceptors (Lipinski definition) is 4. The summed E-state index contributed by atoms with van der Waals surface area (Å²) in [7, 11) is 1.78. The van der Waals surface area contributed by atoms with Gasteiger partial charge in [0.25, 0.3) is 5.56 Å². The maximum Gasteiger partial charge on any atom is 0.250 e. The first-order valence-corrected chi connectivity index (χ1v) is 8.62. The fraction of sp³-hybridized carbons (Fsp3) is 0.368. The molecule has 3 aromatic rings. The molecule has 0 saturated heterocycles. The molecule has 0 amide bonds. The van der Waals surface area contributed by atoms with E-state index in [-0.39, 0.29) is 11.7 Å². The lowest BCUT2D eigenvalue weighted by Crippen LogP contribution is -2.27. The number of imidazole rings is 1. The van der Waals surface area contributed by atoms with Gasteiger partial charge in [0.1, 0.15) is 5.75 Å². The molecule has 1 atom stereocenters. The van der Waals surface area contributed by atoms with Crippen LogP contribution in [0.15, 0.2) is 53.8 Å². The van der Waals surface area contributed by atoms with Crippen LogP contribution in [0, 0.1) is 0 Å². The number of pyridine rings is 1. The predicted octanol–water partition coefficient (Wildman–Crippen LogP) is 2.70. The number of ether oxygens (including phenoxy) is 1. The zero-order valence-corrected chi connectivity index (χ0v) is 14.7. The molecule has 25 heavy (non-hydrogen) atoms. The third kappa shape index (κ3) is 4.09. The monoisotopic (exact) mass is 340 g/mol. The highest BCUT2D eigenvalue weighted by Gasteiger charge is 2.06. The van der Waals surface area contributed by atoms with E-state index in [1.807, 2.05) is 36.8 Å². The molecule has 0 aliphatic heterocycles. The molecule has 0 fully saturated rings. The van der Waals surface area contributed by atoms with Crippen molar-refractivity contribution in [2.45, 2.75) is 25.9 Å². The molecule has 0 spiro atoms. The molecule has 132 valence electrons. The Bertz CT molecular complexity index is 871. The van der Waals surface area contributed by atoms with E-state index < -0.39 is 0 Å². The van der Waals surface area contributed by atoms with Crippen molar-refractivity contribution in [3.63, 3.8) is 0 Å². The van der Waals surface area contributed by atoms with Crippen LogP contribution >= 0.6 is 0 Å². The van der Waals surface area contributed by atoms with E-state index in [1.54, 1.807) is 23.9 Å². The third-order valence-corrected chi connectivity index (χ3v) is 4.34. The van der Waals surface area contributed by atoms with Crippen LogP contribution < -0.4 is 15.6 Å². The summed E-state index contributed by atoms with van der Waals surface area (Å²) >= 11 is 0. The van der Waals surface area contributed by atoms with Crippen LogP contribution in [0.2, 0.25) is 0 Å². The molecule has 0 bridgehead atoms. The Morgan fingerprint density at radius 1 is 1.28 bits per heavy atom. The third-order valence-electron chi connectivity index (χ3n) is 4.34. The lowest BCUT2D eigenvalue weighted by atomic mass is 10.2. The Labute approximate surface area is 147 Å². The van der Waals surface area contributed by atoms with E-state index >= 15 is 0 Å². The summed E-state index contributed by atoms with van der Waals surface area (Å²) in [5, 5.41) is 4.51. The molecule has 0 aliphatic carbocycles. The summed E-state index contributed by atoms with van der Waals surface area (Å²) in [6.07, 6.45) is 7.78. The lowest BCUT2D eigenvalue weighted by Gasteiger charge is -2.18. The number of aryl methyl sites for hydroxylation is 1.